The molecule has 1 aromatic carbocycles. The summed E-state index contributed by atoms with van der Waals surface area (Å²) in [5, 5.41) is 9.14. The van der Waals surface area contributed by atoms with Crippen molar-refractivity contribution in [2.24, 2.45) is 0 Å². The van der Waals surface area contributed by atoms with E-state index in [9.17, 15) is 0 Å². The lowest BCUT2D eigenvalue weighted by Gasteiger charge is -2.14. The van der Waals surface area contributed by atoms with Crippen LogP contribution < -0.4 is 5.32 Å². The highest BCUT2D eigenvalue weighted by molar-refractivity contribution is 9.10. The molecule has 0 aliphatic carbocycles. The summed E-state index contributed by atoms with van der Waals surface area (Å²) in [5.74, 6) is 0. The number of rotatable bonds is 3. The van der Waals surface area contributed by atoms with Crippen LogP contribution in [0.3, 0.4) is 0 Å². The van der Waals surface area contributed by atoms with Gasteiger partial charge in [-0.15, -0.1) is 22.7 Å². The second-order valence-electron chi connectivity index (χ2n) is 4.04. The van der Waals surface area contributed by atoms with E-state index in [1.54, 1.807) is 22.7 Å². The van der Waals surface area contributed by atoms with Gasteiger partial charge in [0.1, 0.15) is 0 Å². The number of hydrogen-bond acceptors (Lipinski definition) is 3. The first kappa shape index (κ1) is 12.4. The minimum Gasteiger partial charge on any atom is -0.309 e. The van der Waals surface area contributed by atoms with Gasteiger partial charge in [-0.25, -0.2) is 0 Å². The van der Waals surface area contributed by atoms with Crippen molar-refractivity contribution >= 4 is 48.7 Å². The molecular formula is C14H12BrNS2. The molecule has 4 heteroatoms. The zero-order valence-corrected chi connectivity index (χ0v) is 13.0. The predicted molar refractivity (Wildman–Crippen MR) is 84.7 cm³/mol. The van der Waals surface area contributed by atoms with Crippen molar-refractivity contribution < 1.29 is 0 Å². The molecule has 1 atom stereocenters. The van der Waals surface area contributed by atoms with Gasteiger partial charge in [-0.3, -0.25) is 0 Å². The van der Waals surface area contributed by atoms with Crippen molar-refractivity contribution in [3.63, 3.8) is 0 Å². The van der Waals surface area contributed by atoms with Crippen molar-refractivity contribution in [3.8, 4) is 0 Å². The highest BCUT2D eigenvalue weighted by atomic mass is 79.9. The van der Waals surface area contributed by atoms with Crippen molar-refractivity contribution in [2.75, 3.05) is 7.05 Å². The molecule has 1 nitrogen and oxygen atoms in total. The summed E-state index contributed by atoms with van der Waals surface area (Å²) in [7, 11) is 2.02. The normalized spacial score (nSPS) is 13.0. The Labute approximate surface area is 123 Å². The SMILES string of the molecule is CNC(c1cccs1)c1csc2c(Br)cccc12. The molecule has 18 heavy (non-hydrogen) atoms. The third-order valence-corrected chi connectivity index (χ3v) is 5.92. The average molecular weight is 338 g/mol. The van der Waals surface area contributed by atoms with E-state index < -0.39 is 0 Å². The van der Waals surface area contributed by atoms with E-state index in [0.29, 0.717) is 0 Å². The standard InChI is InChI=1S/C14H12BrNS2/c1-16-13(12-6-3-7-17-12)10-8-18-14-9(10)4-2-5-11(14)15/h2-8,13,16H,1H3. The predicted octanol–water partition coefficient (Wildman–Crippen LogP) is 5.03. The Bertz CT molecular complexity index is 658. The van der Waals surface area contributed by atoms with E-state index in [0.717, 1.165) is 0 Å². The fraction of sp³-hybridized carbons (Fsp3) is 0.143. The molecule has 2 heterocycles. The molecule has 2 aromatic heterocycles. The van der Waals surface area contributed by atoms with Gasteiger partial charge in [-0.2, -0.15) is 0 Å². The molecule has 0 bridgehead atoms. The molecule has 0 aliphatic heterocycles. The Kier molecular flexibility index (Phi) is 3.52. The topological polar surface area (TPSA) is 12.0 Å². The second-order valence-corrected chi connectivity index (χ2v) is 6.76. The fourth-order valence-corrected chi connectivity index (χ4v) is 4.67. The van der Waals surface area contributed by atoms with Crippen LogP contribution in [-0.4, -0.2) is 7.05 Å². The summed E-state index contributed by atoms with van der Waals surface area (Å²) in [5.41, 5.74) is 1.36. The van der Waals surface area contributed by atoms with E-state index in [1.807, 2.05) is 7.05 Å². The van der Waals surface area contributed by atoms with Gasteiger partial charge in [0.25, 0.3) is 0 Å². The molecule has 3 rings (SSSR count). The molecule has 0 spiro atoms. The van der Waals surface area contributed by atoms with Gasteiger partial charge in [0, 0.05) is 14.0 Å². The number of hydrogen-bond donors (Lipinski definition) is 1. The van der Waals surface area contributed by atoms with Gasteiger partial charge in [-0.1, -0.05) is 18.2 Å². The summed E-state index contributed by atoms with van der Waals surface area (Å²) in [6.07, 6.45) is 0. The van der Waals surface area contributed by atoms with Crippen LogP contribution in [-0.2, 0) is 0 Å². The Hall–Kier alpha value is -0.680. The van der Waals surface area contributed by atoms with E-state index in [1.165, 1.54) is 25.0 Å². The fourth-order valence-electron chi connectivity index (χ4n) is 2.17. The first-order valence-electron chi connectivity index (χ1n) is 5.67. The van der Waals surface area contributed by atoms with E-state index in [4.69, 9.17) is 0 Å². The monoisotopic (exact) mass is 337 g/mol. The third kappa shape index (κ3) is 2.03. The Morgan fingerprint density at radius 1 is 1.17 bits per heavy atom. The first-order chi connectivity index (χ1) is 8.81. The second kappa shape index (κ2) is 5.13. The van der Waals surface area contributed by atoms with Gasteiger partial charge >= 0.3 is 0 Å². The maximum absolute atomic E-state index is 3.62. The number of nitrogens with one attached hydrogen (secondary N) is 1. The minimum atomic E-state index is 0.285. The molecule has 3 aromatic rings. The Morgan fingerprint density at radius 2 is 2.06 bits per heavy atom. The van der Waals surface area contributed by atoms with Gasteiger partial charge in [0.15, 0.2) is 0 Å². The van der Waals surface area contributed by atoms with Crippen LogP contribution in [0.4, 0.5) is 0 Å². The zero-order valence-electron chi connectivity index (χ0n) is 9.81. The van der Waals surface area contributed by atoms with E-state index in [2.05, 4.69) is 62.3 Å². The van der Waals surface area contributed by atoms with Crippen molar-refractivity contribution in [3.05, 3.63) is 56.0 Å². The lowest BCUT2D eigenvalue weighted by atomic mass is 10.0. The maximum Gasteiger partial charge on any atom is 0.0682 e. The molecule has 0 fully saturated rings. The number of halogens is 1. The molecule has 92 valence electrons. The smallest absolute Gasteiger partial charge is 0.0682 e. The summed E-state index contributed by atoms with van der Waals surface area (Å²) < 4.78 is 2.50. The molecule has 1 unspecified atom stereocenters. The van der Waals surface area contributed by atoms with Gasteiger partial charge in [0.2, 0.25) is 0 Å². The highest BCUT2D eigenvalue weighted by Crippen LogP contribution is 2.37. The molecular weight excluding hydrogens is 326 g/mol. The molecule has 1 N–H and O–H groups in total. The van der Waals surface area contributed by atoms with Gasteiger partial charge in [0.05, 0.1) is 6.04 Å². The average Bonchev–Trinajstić information content (AvgIpc) is 3.01. The van der Waals surface area contributed by atoms with Gasteiger partial charge < -0.3 is 5.32 Å². The lowest BCUT2D eigenvalue weighted by molar-refractivity contribution is 0.711. The zero-order chi connectivity index (χ0) is 12.5. The largest absolute Gasteiger partial charge is 0.309 e. The molecule has 0 saturated carbocycles. The van der Waals surface area contributed by atoms with Crippen LogP contribution >= 0.6 is 38.6 Å². The Morgan fingerprint density at radius 3 is 2.78 bits per heavy atom. The van der Waals surface area contributed by atoms with Crippen LogP contribution in [0.15, 0.2) is 45.6 Å². The quantitative estimate of drug-likeness (QED) is 0.706. The molecule has 0 amide bonds. The molecule has 0 saturated heterocycles. The van der Waals surface area contributed by atoms with Crippen LogP contribution in [0, 0.1) is 0 Å². The molecule has 0 radical (unpaired) electrons. The number of benzene rings is 1. The first-order valence-corrected chi connectivity index (χ1v) is 8.22. The lowest BCUT2D eigenvalue weighted by Crippen LogP contribution is -2.15. The summed E-state index contributed by atoms with van der Waals surface area (Å²) in [6, 6.07) is 11.0. The summed E-state index contributed by atoms with van der Waals surface area (Å²) >= 11 is 7.22. The maximum atomic E-state index is 3.62. The van der Waals surface area contributed by atoms with Crippen LogP contribution in [0.5, 0.6) is 0 Å². The van der Waals surface area contributed by atoms with Crippen LogP contribution in [0.1, 0.15) is 16.5 Å². The van der Waals surface area contributed by atoms with Gasteiger partial charge in [-0.05, 0) is 56.8 Å². The highest BCUT2D eigenvalue weighted by Gasteiger charge is 2.17. The number of fused-ring (bicyclic) bond motifs is 1. The van der Waals surface area contributed by atoms with Crippen molar-refractivity contribution in [1.82, 2.24) is 5.32 Å². The van der Waals surface area contributed by atoms with Crippen LogP contribution in [0.2, 0.25) is 0 Å². The minimum absolute atomic E-state index is 0.285. The van der Waals surface area contributed by atoms with E-state index in [-0.39, 0.29) is 6.04 Å². The van der Waals surface area contributed by atoms with Crippen molar-refractivity contribution in [2.45, 2.75) is 6.04 Å². The Balaban J connectivity index is 2.16. The van der Waals surface area contributed by atoms with E-state index >= 15 is 0 Å². The number of thiophene rings is 2. The van der Waals surface area contributed by atoms with Crippen LogP contribution in [0.25, 0.3) is 10.1 Å². The molecule has 0 aliphatic rings. The van der Waals surface area contributed by atoms with Crippen molar-refractivity contribution in [1.29, 1.82) is 0 Å². The third-order valence-electron chi connectivity index (χ3n) is 3.01. The summed E-state index contributed by atoms with van der Waals surface area (Å²) in [6.45, 7) is 0. The summed E-state index contributed by atoms with van der Waals surface area (Å²) in [4.78, 5) is 1.36.